The predicted octanol–water partition coefficient (Wildman–Crippen LogP) is 8.01. The molecular formula is C42H40N4O3S. The number of aryl methyl sites for hydroxylation is 5. The van der Waals surface area contributed by atoms with E-state index in [0.29, 0.717) is 44.9 Å². The molecule has 1 aliphatic carbocycles. The molecule has 50 heavy (non-hydrogen) atoms. The van der Waals surface area contributed by atoms with Gasteiger partial charge in [0.15, 0.2) is 0 Å². The third-order valence-electron chi connectivity index (χ3n) is 9.74. The molecule has 8 heteroatoms. The molecule has 1 aliphatic rings. The topological polar surface area (TPSA) is 111 Å². The molecule has 0 atom stereocenters. The SMILES string of the molecule is [C-]#[N+]C1=CC(=C(c2ccc(Nc3c(C)cc(C)c(C)c3C)c(C#N)c2)c2ccc(C)cc2S(=O)(=O)[O-])C=CC1=[NH+]c1c(C)cc(C)c(C)c1C. The summed E-state index contributed by atoms with van der Waals surface area (Å²) < 4.78 is 38.0. The Morgan fingerprint density at radius 3 is 2.12 bits per heavy atom. The molecule has 0 saturated carbocycles. The molecule has 0 saturated heterocycles. The maximum absolute atomic E-state index is 12.7. The van der Waals surface area contributed by atoms with Crippen LogP contribution in [0.2, 0.25) is 0 Å². The number of nitriles is 1. The number of nitrogens with zero attached hydrogens (tertiary/aromatic N) is 2. The van der Waals surface area contributed by atoms with Crippen molar-refractivity contribution in [1.29, 1.82) is 5.26 Å². The fraction of sp³-hybridized carbons (Fsp3) is 0.214. The van der Waals surface area contributed by atoms with Crippen LogP contribution >= 0.6 is 0 Å². The largest absolute Gasteiger partial charge is 0.744 e. The fourth-order valence-corrected chi connectivity index (χ4v) is 7.30. The van der Waals surface area contributed by atoms with Gasteiger partial charge in [-0.2, -0.15) is 5.26 Å². The van der Waals surface area contributed by atoms with Crippen molar-refractivity contribution in [1.82, 2.24) is 0 Å². The number of hydrogen-bond acceptors (Lipinski definition) is 5. The molecule has 0 spiro atoms. The first-order valence-electron chi connectivity index (χ1n) is 16.2. The van der Waals surface area contributed by atoms with E-state index in [9.17, 15) is 18.2 Å². The highest BCUT2D eigenvalue weighted by molar-refractivity contribution is 7.85. The zero-order chi connectivity index (χ0) is 36.7. The summed E-state index contributed by atoms with van der Waals surface area (Å²) in [5.41, 5.74) is 14.9. The number of nitrogens with one attached hydrogen (secondary N) is 2. The van der Waals surface area contributed by atoms with Gasteiger partial charge in [0.05, 0.1) is 22.7 Å². The van der Waals surface area contributed by atoms with Crippen molar-refractivity contribution in [2.45, 2.75) is 67.2 Å². The van der Waals surface area contributed by atoms with Gasteiger partial charge in [-0.3, -0.25) is 0 Å². The molecule has 0 aliphatic heterocycles. The minimum atomic E-state index is -4.90. The molecule has 0 bridgehead atoms. The summed E-state index contributed by atoms with van der Waals surface area (Å²) in [7, 11) is -4.90. The molecular weight excluding hydrogens is 641 g/mol. The number of hydrogen-bond donors (Lipinski definition) is 2. The van der Waals surface area contributed by atoms with E-state index in [1.165, 1.54) is 17.2 Å². The van der Waals surface area contributed by atoms with Crippen LogP contribution in [-0.4, -0.2) is 18.7 Å². The lowest BCUT2D eigenvalue weighted by molar-refractivity contribution is -0.353. The Hall–Kier alpha value is -5.54. The van der Waals surface area contributed by atoms with Crippen molar-refractivity contribution in [3.05, 3.63) is 156 Å². The number of benzene rings is 4. The Morgan fingerprint density at radius 1 is 0.820 bits per heavy atom. The first-order valence-corrected chi connectivity index (χ1v) is 17.7. The van der Waals surface area contributed by atoms with Crippen molar-refractivity contribution in [3.63, 3.8) is 0 Å². The molecule has 7 nitrogen and oxygen atoms in total. The van der Waals surface area contributed by atoms with Crippen molar-refractivity contribution in [3.8, 4) is 6.07 Å². The first kappa shape index (κ1) is 35.8. The van der Waals surface area contributed by atoms with Gasteiger partial charge >= 0.3 is 0 Å². The maximum atomic E-state index is 12.7. The normalized spacial score (nSPS) is 14.6. The van der Waals surface area contributed by atoms with Crippen LogP contribution in [0.5, 0.6) is 0 Å². The molecule has 2 N–H and O–H groups in total. The Kier molecular flexibility index (Phi) is 9.84. The van der Waals surface area contributed by atoms with Crippen LogP contribution in [0.3, 0.4) is 0 Å². The molecule has 0 aromatic heterocycles. The van der Waals surface area contributed by atoms with Crippen molar-refractivity contribution in [2.75, 3.05) is 5.32 Å². The van der Waals surface area contributed by atoms with Gasteiger partial charge in [-0.1, -0.05) is 30.3 Å². The standard InChI is InChI=1S/C42H40N4O3S/c1-23-11-14-35(39(17-23)50(47,48)49)40(32-12-15-36(34(20-32)22-43)45-41-26(4)18-24(2)28(6)30(41)8)33-13-16-37(38(21-33)44-10)46-42-27(5)19-25(3)29(7)31(42)9/h11-21,45H,1-9H3,(H,47,48,49). The van der Waals surface area contributed by atoms with E-state index in [-0.39, 0.29) is 10.5 Å². The minimum absolute atomic E-state index is 0.188. The summed E-state index contributed by atoms with van der Waals surface area (Å²) in [6.07, 6.45) is 5.29. The van der Waals surface area contributed by atoms with Gasteiger partial charge < -0.3 is 9.87 Å². The van der Waals surface area contributed by atoms with Gasteiger partial charge in [0, 0.05) is 22.4 Å². The monoisotopic (exact) mass is 680 g/mol. The summed E-state index contributed by atoms with van der Waals surface area (Å²) in [6.45, 7) is 26.2. The van der Waals surface area contributed by atoms with E-state index in [0.717, 1.165) is 44.8 Å². The highest BCUT2D eigenvalue weighted by Crippen LogP contribution is 2.38. The zero-order valence-corrected chi connectivity index (χ0v) is 30.7. The second kappa shape index (κ2) is 13.8. The van der Waals surface area contributed by atoms with E-state index in [2.05, 4.69) is 61.1 Å². The summed E-state index contributed by atoms with van der Waals surface area (Å²) in [5.74, 6) is 0. The Bertz CT molecular complexity index is 2430. The van der Waals surface area contributed by atoms with E-state index < -0.39 is 10.1 Å². The van der Waals surface area contributed by atoms with Crippen LogP contribution in [0.1, 0.15) is 66.8 Å². The molecule has 0 fully saturated rings. The van der Waals surface area contributed by atoms with Crippen LogP contribution in [0.25, 0.3) is 10.4 Å². The van der Waals surface area contributed by atoms with Gasteiger partial charge in [-0.05, 0) is 154 Å². The number of rotatable bonds is 6. The maximum Gasteiger partial charge on any atom is 0.257 e. The smallest absolute Gasteiger partial charge is 0.257 e. The Morgan fingerprint density at radius 2 is 1.48 bits per heavy atom. The number of anilines is 2. The molecule has 252 valence electrons. The van der Waals surface area contributed by atoms with Crippen molar-refractivity contribution < 1.29 is 18.0 Å². The summed E-state index contributed by atoms with van der Waals surface area (Å²) >= 11 is 0. The second-order valence-corrected chi connectivity index (χ2v) is 14.4. The quantitative estimate of drug-likeness (QED) is 0.158. The van der Waals surface area contributed by atoms with Crippen LogP contribution < -0.4 is 10.3 Å². The summed E-state index contributed by atoms with van der Waals surface area (Å²) in [6, 6.07) is 16.5. The van der Waals surface area contributed by atoms with E-state index in [1.807, 2.05) is 27.7 Å². The molecule has 5 rings (SSSR count). The minimum Gasteiger partial charge on any atom is -0.744 e. The molecule has 4 aromatic carbocycles. The highest BCUT2D eigenvalue weighted by atomic mass is 32.2. The fourth-order valence-electron chi connectivity index (χ4n) is 6.53. The number of allylic oxidation sites excluding steroid dienone is 4. The lowest BCUT2D eigenvalue weighted by atomic mass is 9.88. The van der Waals surface area contributed by atoms with Crippen LogP contribution in [0.15, 0.2) is 82.9 Å². The zero-order valence-electron chi connectivity index (χ0n) is 29.9. The Balaban J connectivity index is 1.75. The highest BCUT2D eigenvalue weighted by Gasteiger charge is 2.24. The van der Waals surface area contributed by atoms with Gasteiger partial charge in [0.25, 0.3) is 5.70 Å². The third kappa shape index (κ3) is 6.82. The van der Waals surface area contributed by atoms with Crippen LogP contribution in [-0.2, 0) is 10.1 Å². The van der Waals surface area contributed by atoms with E-state index in [4.69, 9.17) is 6.57 Å². The van der Waals surface area contributed by atoms with E-state index in [1.54, 1.807) is 55.5 Å². The van der Waals surface area contributed by atoms with Gasteiger partial charge in [-0.25, -0.2) is 18.3 Å². The van der Waals surface area contributed by atoms with Gasteiger partial charge in [-0.15, -0.1) is 0 Å². The van der Waals surface area contributed by atoms with Crippen LogP contribution in [0, 0.1) is 80.2 Å². The van der Waals surface area contributed by atoms with Gasteiger partial charge in [0.1, 0.15) is 16.2 Å². The van der Waals surface area contributed by atoms with Gasteiger partial charge in [0.2, 0.25) is 11.4 Å². The first-order chi connectivity index (χ1) is 23.5. The molecule has 0 amide bonds. The lowest BCUT2D eigenvalue weighted by Gasteiger charge is -2.21. The van der Waals surface area contributed by atoms with E-state index >= 15 is 0 Å². The Labute approximate surface area is 295 Å². The predicted molar refractivity (Wildman–Crippen MR) is 200 cm³/mol. The molecule has 4 aromatic rings. The van der Waals surface area contributed by atoms with Crippen LogP contribution in [0.4, 0.5) is 17.1 Å². The molecule has 0 radical (unpaired) electrons. The van der Waals surface area contributed by atoms with Crippen molar-refractivity contribution >= 4 is 38.5 Å². The lowest BCUT2D eigenvalue weighted by Crippen LogP contribution is -2.67. The third-order valence-corrected chi connectivity index (χ3v) is 10.6. The average molecular weight is 681 g/mol. The molecule has 0 heterocycles. The summed E-state index contributed by atoms with van der Waals surface area (Å²) in [5, 5.41) is 13.8. The second-order valence-electron chi connectivity index (χ2n) is 13.1. The van der Waals surface area contributed by atoms with Crippen molar-refractivity contribution in [2.24, 2.45) is 0 Å². The molecule has 0 unspecified atom stereocenters. The summed E-state index contributed by atoms with van der Waals surface area (Å²) in [4.78, 5) is 6.93. The average Bonchev–Trinajstić information content (AvgIpc) is 3.07.